The van der Waals surface area contributed by atoms with E-state index in [1.54, 1.807) is 6.07 Å². The van der Waals surface area contributed by atoms with Crippen LogP contribution in [0.2, 0.25) is 0 Å². The SMILES string of the molecule is CCN(CC)c1ccc2cc(/C=C/c3cc(N4CCN(C)CC4)c4cc(F)c(NCc5cn(CCCN6CCOCC6)nn5)cc4[n+]3C)c(=O)oc2c1.[I-]. The Labute approximate surface area is 333 Å². The highest BCUT2D eigenvalue weighted by Crippen LogP contribution is 2.31. The van der Waals surface area contributed by atoms with E-state index in [-0.39, 0.29) is 29.8 Å². The Balaban J connectivity index is 0.00000497. The second-order valence-electron chi connectivity index (χ2n) is 14.0. The van der Waals surface area contributed by atoms with Gasteiger partial charge in [-0.25, -0.2) is 9.18 Å². The van der Waals surface area contributed by atoms with Gasteiger partial charge in [-0.05, 0) is 57.7 Å². The van der Waals surface area contributed by atoms with E-state index in [0.29, 0.717) is 23.4 Å². The number of hydrogen-bond acceptors (Lipinski definition) is 10. The molecule has 1 N–H and O–H groups in total. The molecule has 0 atom stereocenters. The Hall–Kier alpha value is -4.12. The van der Waals surface area contributed by atoms with Crippen molar-refractivity contribution in [2.75, 3.05) is 94.3 Å². The highest BCUT2D eigenvalue weighted by Gasteiger charge is 2.24. The maximum atomic E-state index is 15.8. The number of piperazine rings is 1. The molecule has 0 unspecified atom stereocenters. The third-order valence-electron chi connectivity index (χ3n) is 10.6. The topological polar surface area (TPSA) is 99.0 Å². The maximum absolute atomic E-state index is 15.8. The first kappa shape index (κ1) is 39.6. The highest BCUT2D eigenvalue weighted by atomic mass is 127. The van der Waals surface area contributed by atoms with Crippen LogP contribution in [0, 0.1) is 5.82 Å². The van der Waals surface area contributed by atoms with Crippen LogP contribution >= 0.6 is 0 Å². The number of nitrogens with one attached hydrogen (secondary N) is 1. The average molecular weight is 852 g/mol. The van der Waals surface area contributed by atoms with Crippen LogP contribution < -0.4 is 49.3 Å². The number of benzene rings is 2. The molecule has 2 aromatic carbocycles. The zero-order valence-corrected chi connectivity index (χ0v) is 33.9. The van der Waals surface area contributed by atoms with Crippen LogP contribution in [0.3, 0.4) is 0 Å². The Morgan fingerprint density at radius 1 is 0.981 bits per heavy atom. The first-order chi connectivity index (χ1) is 25.8. The number of likely N-dealkylation sites (N-methyl/N-ethyl adjacent to an activating group) is 1. The lowest BCUT2D eigenvalue weighted by atomic mass is 10.1. The molecule has 0 radical (unpaired) electrons. The second kappa shape index (κ2) is 18.0. The molecule has 54 heavy (non-hydrogen) atoms. The first-order valence-corrected chi connectivity index (χ1v) is 18.8. The number of ether oxygens (including phenoxy) is 1. The molecule has 7 rings (SSSR count). The third kappa shape index (κ3) is 9.04. The largest absolute Gasteiger partial charge is 1.00 e. The molecule has 0 amide bonds. The number of halogens is 2. The van der Waals surface area contributed by atoms with Crippen molar-refractivity contribution in [2.45, 2.75) is 33.4 Å². The van der Waals surface area contributed by atoms with Gasteiger partial charge in [-0.3, -0.25) is 9.58 Å². The van der Waals surface area contributed by atoms with Crippen molar-refractivity contribution in [1.29, 1.82) is 0 Å². The van der Waals surface area contributed by atoms with Gasteiger partial charge < -0.3 is 53.1 Å². The zero-order chi connectivity index (χ0) is 36.9. The normalized spacial score (nSPS) is 15.7. The number of fused-ring (bicyclic) bond motifs is 2. The van der Waals surface area contributed by atoms with Gasteiger partial charge in [0.25, 0.3) is 0 Å². The highest BCUT2D eigenvalue weighted by molar-refractivity contribution is 5.93. The molecular formula is C40H51FIN9O3. The monoisotopic (exact) mass is 851 g/mol. The number of aryl methyl sites for hydroxylation is 2. The van der Waals surface area contributed by atoms with Crippen LogP contribution in [0.4, 0.5) is 21.5 Å². The lowest BCUT2D eigenvalue weighted by Crippen LogP contribution is -3.00. The van der Waals surface area contributed by atoms with E-state index in [9.17, 15) is 4.79 Å². The van der Waals surface area contributed by atoms with Gasteiger partial charge in [-0.1, -0.05) is 5.21 Å². The summed E-state index contributed by atoms with van der Waals surface area (Å²) in [6, 6.07) is 13.5. The summed E-state index contributed by atoms with van der Waals surface area (Å²) < 4.78 is 31.0. The van der Waals surface area contributed by atoms with Crippen LogP contribution in [0.25, 0.3) is 34.0 Å². The predicted octanol–water partition coefficient (Wildman–Crippen LogP) is 1.61. The Morgan fingerprint density at radius 3 is 2.52 bits per heavy atom. The van der Waals surface area contributed by atoms with Gasteiger partial charge in [0, 0.05) is 101 Å². The summed E-state index contributed by atoms with van der Waals surface area (Å²) in [6.45, 7) is 15.1. The molecular weight excluding hydrogens is 800 g/mol. The summed E-state index contributed by atoms with van der Waals surface area (Å²) in [6.07, 6.45) is 6.65. The molecule has 0 aliphatic carbocycles. The Bertz CT molecular complexity index is 2140. The fourth-order valence-corrected chi connectivity index (χ4v) is 7.29. The Morgan fingerprint density at radius 2 is 1.76 bits per heavy atom. The van der Waals surface area contributed by atoms with E-state index in [2.05, 4.69) is 68.3 Å². The van der Waals surface area contributed by atoms with E-state index in [1.807, 2.05) is 58.9 Å². The lowest BCUT2D eigenvalue weighted by Gasteiger charge is -2.34. The lowest BCUT2D eigenvalue weighted by molar-refractivity contribution is -0.646. The zero-order valence-electron chi connectivity index (χ0n) is 31.7. The quantitative estimate of drug-likeness (QED) is 0.107. The second-order valence-corrected chi connectivity index (χ2v) is 14.0. The van der Waals surface area contributed by atoms with Crippen molar-refractivity contribution in [1.82, 2.24) is 24.8 Å². The summed E-state index contributed by atoms with van der Waals surface area (Å²) in [5, 5.41) is 13.6. The van der Waals surface area contributed by atoms with E-state index in [0.717, 1.165) is 124 Å². The summed E-state index contributed by atoms with van der Waals surface area (Å²) in [5.41, 5.74) is 5.50. The number of rotatable bonds is 13. The van der Waals surface area contributed by atoms with E-state index in [1.165, 1.54) is 0 Å². The predicted molar refractivity (Wildman–Crippen MR) is 209 cm³/mol. The van der Waals surface area contributed by atoms with Crippen molar-refractivity contribution >= 4 is 51.1 Å². The van der Waals surface area contributed by atoms with Gasteiger partial charge in [-0.2, -0.15) is 4.57 Å². The summed E-state index contributed by atoms with van der Waals surface area (Å²) in [4.78, 5) is 22.4. The molecule has 2 saturated heterocycles. The van der Waals surface area contributed by atoms with Crippen molar-refractivity contribution < 1.29 is 42.1 Å². The molecule has 14 heteroatoms. The van der Waals surface area contributed by atoms with Crippen molar-refractivity contribution in [3.63, 3.8) is 0 Å². The molecule has 2 fully saturated rings. The molecule has 0 bridgehead atoms. The molecule has 288 valence electrons. The van der Waals surface area contributed by atoms with Crippen LogP contribution in [-0.2, 0) is 24.9 Å². The summed E-state index contributed by atoms with van der Waals surface area (Å²) in [5.74, 6) is -0.327. The van der Waals surface area contributed by atoms with E-state index in [4.69, 9.17) is 9.15 Å². The number of hydrogen-bond donors (Lipinski definition) is 1. The van der Waals surface area contributed by atoms with Crippen LogP contribution in [-0.4, -0.2) is 104 Å². The van der Waals surface area contributed by atoms with Gasteiger partial charge >= 0.3 is 5.63 Å². The molecule has 2 aliphatic rings. The molecule has 12 nitrogen and oxygen atoms in total. The van der Waals surface area contributed by atoms with Crippen molar-refractivity contribution in [3.05, 3.63) is 81.9 Å². The summed E-state index contributed by atoms with van der Waals surface area (Å²) >= 11 is 0. The standard InChI is InChI=1S/C40H50FN9O3.HI/c1-5-48(6-2)33-11-8-29-22-30(40(51)53-39(29)24-33)9-10-32-23-38(49-16-14-45(3)15-17-49)34-25-35(41)36(26-37(34)46(32)4)42-27-31-28-50(44-43-31)13-7-12-47-18-20-52-21-19-47;/h8-11,22-26,28H,5-7,12-21,27H2,1-4H3;1H/b10-9+;. The number of aromatic nitrogens is 4. The van der Waals surface area contributed by atoms with Crippen LogP contribution in [0.15, 0.2) is 57.9 Å². The smallest absolute Gasteiger partial charge is 0.343 e. The fraction of sp³-hybridized carbons (Fsp3) is 0.450. The minimum Gasteiger partial charge on any atom is -1.00 e. The molecule has 0 spiro atoms. The van der Waals surface area contributed by atoms with Crippen LogP contribution in [0.5, 0.6) is 0 Å². The van der Waals surface area contributed by atoms with Gasteiger partial charge in [0.1, 0.15) is 24.1 Å². The fourth-order valence-electron chi connectivity index (χ4n) is 7.29. The van der Waals surface area contributed by atoms with Crippen molar-refractivity contribution in [3.8, 4) is 0 Å². The van der Waals surface area contributed by atoms with E-state index < -0.39 is 5.63 Å². The Kier molecular flexibility index (Phi) is 13.2. The van der Waals surface area contributed by atoms with Gasteiger partial charge in [0.05, 0.1) is 48.3 Å². The van der Waals surface area contributed by atoms with Crippen LogP contribution in [0.1, 0.15) is 37.2 Å². The maximum Gasteiger partial charge on any atom is 0.343 e. The molecule has 5 aromatic rings. The first-order valence-electron chi connectivity index (χ1n) is 18.8. The molecule has 3 aromatic heterocycles. The van der Waals surface area contributed by atoms with Crippen molar-refractivity contribution in [2.24, 2.45) is 7.05 Å². The van der Waals surface area contributed by atoms with E-state index >= 15 is 4.39 Å². The molecule has 2 aliphatic heterocycles. The number of pyridine rings is 1. The molecule has 5 heterocycles. The summed E-state index contributed by atoms with van der Waals surface area (Å²) in [7, 11) is 4.09. The van der Waals surface area contributed by atoms with Gasteiger partial charge in [0.2, 0.25) is 11.2 Å². The average Bonchev–Trinajstić information content (AvgIpc) is 3.63. The number of nitrogens with zero attached hydrogens (tertiary/aromatic N) is 8. The minimum absolute atomic E-state index is 0. The minimum atomic E-state index is -0.393. The van der Waals surface area contributed by atoms with Gasteiger partial charge in [0.15, 0.2) is 0 Å². The number of morpholine rings is 1. The van der Waals surface area contributed by atoms with Gasteiger partial charge in [-0.15, -0.1) is 5.10 Å². The number of anilines is 3. The third-order valence-corrected chi connectivity index (χ3v) is 10.6. The molecule has 0 saturated carbocycles.